The van der Waals surface area contributed by atoms with Crippen molar-refractivity contribution in [3.05, 3.63) is 70.9 Å². The monoisotopic (exact) mass is 459 g/mol. The summed E-state index contributed by atoms with van der Waals surface area (Å²) in [4.78, 5) is 20.1. The molecule has 0 spiro atoms. The Bertz CT molecular complexity index is 1290. The molecule has 0 radical (unpaired) electrons. The Kier molecular flexibility index (Phi) is 5.89. The van der Waals surface area contributed by atoms with Crippen LogP contribution < -0.4 is 10.2 Å². The summed E-state index contributed by atoms with van der Waals surface area (Å²) in [6, 6.07) is 16.6. The standard InChI is InChI=1S/C26H29N5OS/c1-17-9-11-22(12-10-17)31-24-23(19(3)29-31)33-26(28-24)30-13-5-8-21(16-30)25(32)27-15-20-7-4-6-18(2)14-20/h4,6-7,9-12,14,21H,5,8,13,15-16H2,1-3H3,(H,27,32). The number of nitrogens with zero attached hydrogens (tertiary/aromatic N) is 4. The molecule has 2 aromatic carbocycles. The number of nitrogens with one attached hydrogen (secondary N) is 1. The Morgan fingerprint density at radius 1 is 1.12 bits per heavy atom. The average Bonchev–Trinajstić information content (AvgIpc) is 3.39. The number of aromatic nitrogens is 3. The van der Waals surface area contributed by atoms with Gasteiger partial charge in [0.05, 0.1) is 22.0 Å². The van der Waals surface area contributed by atoms with E-state index in [4.69, 9.17) is 10.1 Å². The highest BCUT2D eigenvalue weighted by molar-refractivity contribution is 7.22. The molecule has 1 fully saturated rings. The second-order valence-electron chi connectivity index (χ2n) is 8.97. The van der Waals surface area contributed by atoms with Crippen LogP contribution in [0.2, 0.25) is 0 Å². The lowest BCUT2D eigenvalue weighted by atomic mass is 9.97. The molecule has 4 aromatic rings. The van der Waals surface area contributed by atoms with E-state index in [1.165, 1.54) is 11.1 Å². The van der Waals surface area contributed by atoms with Crippen molar-refractivity contribution in [2.24, 2.45) is 5.92 Å². The molecule has 2 aromatic heterocycles. The molecular weight excluding hydrogens is 430 g/mol. The third-order valence-electron chi connectivity index (χ3n) is 6.27. The SMILES string of the molecule is Cc1ccc(-n2nc(C)c3sc(N4CCCC(C(=O)NCc5cccc(C)c5)C4)nc32)cc1. The summed E-state index contributed by atoms with van der Waals surface area (Å²) in [5.74, 6) is 0.106. The predicted octanol–water partition coefficient (Wildman–Crippen LogP) is 4.94. The summed E-state index contributed by atoms with van der Waals surface area (Å²) in [5, 5.41) is 8.83. The maximum Gasteiger partial charge on any atom is 0.225 e. The van der Waals surface area contributed by atoms with Crippen molar-refractivity contribution >= 4 is 32.7 Å². The number of amides is 1. The molecule has 33 heavy (non-hydrogen) atoms. The molecule has 0 bridgehead atoms. The van der Waals surface area contributed by atoms with E-state index < -0.39 is 0 Å². The fourth-order valence-corrected chi connectivity index (χ4v) is 5.47. The number of aryl methyl sites for hydroxylation is 3. The molecule has 1 aliphatic rings. The molecule has 1 amide bonds. The third kappa shape index (κ3) is 4.50. The van der Waals surface area contributed by atoms with E-state index in [2.05, 4.69) is 66.5 Å². The van der Waals surface area contributed by atoms with E-state index >= 15 is 0 Å². The van der Waals surface area contributed by atoms with Gasteiger partial charge in [0, 0.05) is 19.6 Å². The first-order valence-electron chi connectivity index (χ1n) is 11.5. The fourth-order valence-electron chi connectivity index (χ4n) is 4.44. The van der Waals surface area contributed by atoms with Gasteiger partial charge in [-0.2, -0.15) is 10.1 Å². The number of carbonyl (C=O) groups is 1. The molecular formula is C26H29N5OS. The predicted molar refractivity (Wildman–Crippen MR) is 134 cm³/mol. The number of rotatable bonds is 5. The van der Waals surface area contributed by atoms with Crippen LogP contribution in [0.3, 0.4) is 0 Å². The normalized spacial score (nSPS) is 16.3. The molecule has 7 heteroatoms. The summed E-state index contributed by atoms with van der Waals surface area (Å²) in [6.45, 7) is 8.39. The molecule has 1 saturated heterocycles. The second kappa shape index (κ2) is 8.98. The van der Waals surface area contributed by atoms with Crippen LogP contribution in [0.25, 0.3) is 16.0 Å². The van der Waals surface area contributed by atoms with Crippen LogP contribution in [-0.2, 0) is 11.3 Å². The van der Waals surface area contributed by atoms with Gasteiger partial charge in [-0.15, -0.1) is 0 Å². The van der Waals surface area contributed by atoms with Crippen LogP contribution in [0, 0.1) is 26.7 Å². The molecule has 1 aliphatic heterocycles. The maximum absolute atomic E-state index is 12.9. The van der Waals surface area contributed by atoms with Gasteiger partial charge in [-0.1, -0.05) is 58.9 Å². The van der Waals surface area contributed by atoms with E-state index in [1.54, 1.807) is 11.3 Å². The zero-order valence-electron chi connectivity index (χ0n) is 19.3. The summed E-state index contributed by atoms with van der Waals surface area (Å²) in [7, 11) is 0. The average molecular weight is 460 g/mol. The van der Waals surface area contributed by atoms with Gasteiger partial charge >= 0.3 is 0 Å². The number of piperidine rings is 1. The van der Waals surface area contributed by atoms with Crippen molar-refractivity contribution < 1.29 is 4.79 Å². The van der Waals surface area contributed by atoms with Gasteiger partial charge in [-0.25, -0.2) is 4.68 Å². The molecule has 0 saturated carbocycles. The first-order chi connectivity index (χ1) is 16.0. The van der Waals surface area contributed by atoms with Crippen molar-refractivity contribution in [1.82, 2.24) is 20.1 Å². The first-order valence-corrected chi connectivity index (χ1v) is 12.3. The Labute approximate surface area is 198 Å². The van der Waals surface area contributed by atoms with Crippen molar-refractivity contribution in [3.63, 3.8) is 0 Å². The molecule has 5 rings (SSSR count). The molecule has 170 valence electrons. The summed E-state index contributed by atoms with van der Waals surface area (Å²) >= 11 is 1.67. The number of thiazole rings is 1. The minimum Gasteiger partial charge on any atom is -0.352 e. The Hall–Kier alpha value is -3.19. The molecule has 6 nitrogen and oxygen atoms in total. The Morgan fingerprint density at radius 3 is 2.73 bits per heavy atom. The summed E-state index contributed by atoms with van der Waals surface area (Å²) < 4.78 is 3.04. The fraction of sp³-hybridized carbons (Fsp3) is 0.346. The van der Waals surface area contributed by atoms with Crippen molar-refractivity contribution in [2.75, 3.05) is 18.0 Å². The largest absolute Gasteiger partial charge is 0.352 e. The number of anilines is 1. The first kappa shape index (κ1) is 21.6. The van der Waals surface area contributed by atoms with Crippen LogP contribution in [0.15, 0.2) is 48.5 Å². The van der Waals surface area contributed by atoms with E-state index in [0.29, 0.717) is 13.1 Å². The molecule has 1 atom stereocenters. The number of carbonyl (C=O) groups excluding carboxylic acids is 1. The maximum atomic E-state index is 12.9. The van der Waals surface area contributed by atoms with Gasteiger partial charge in [-0.05, 0) is 51.3 Å². The van der Waals surface area contributed by atoms with E-state index in [9.17, 15) is 4.79 Å². The Balaban J connectivity index is 1.32. The molecule has 1 unspecified atom stereocenters. The van der Waals surface area contributed by atoms with Crippen LogP contribution in [-0.4, -0.2) is 33.8 Å². The van der Waals surface area contributed by atoms with E-state index in [1.807, 2.05) is 17.7 Å². The lowest BCUT2D eigenvalue weighted by molar-refractivity contribution is -0.125. The topological polar surface area (TPSA) is 63.1 Å². The van der Waals surface area contributed by atoms with Crippen LogP contribution in [0.1, 0.15) is 35.2 Å². The summed E-state index contributed by atoms with van der Waals surface area (Å²) in [5.41, 5.74) is 6.46. The highest BCUT2D eigenvalue weighted by Gasteiger charge is 2.28. The minimum atomic E-state index is -0.0229. The Morgan fingerprint density at radius 2 is 1.94 bits per heavy atom. The number of benzene rings is 2. The van der Waals surface area contributed by atoms with Crippen LogP contribution >= 0.6 is 11.3 Å². The van der Waals surface area contributed by atoms with Crippen molar-refractivity contribution in [3.8, 4) is 5.69 Å². The van der Waals surface area contributed by atoms with Gasteiger partial charge in [0.25, 0.3) is 0 Å². The van der Waals surface area contributed by atoms with Crippen LogP contribution in [0.4, 0.5) is 5.13 Å². The number of hydrogen-bond donors (Lipinski definition) is 1. The van der Waals surface area contributed by atoms with Gasteiger partial charge in [-0.3, -0.25) is 4.79 Å². The lowest BCUT2D eigenvalue weighted by Gasteiger charge is -2.31. The van der Waals surface area contributed by atoms with Crippen LogP contribution in [0.5, 0.6) is 0 Å². The molecule has 0 aliphatic carbocycles. The zero-order valence-corrected chi connectivity index (χ0v) is 20.2. The summed E-state index contributed by atoms with van der Waals surface area (Å²) in [6.07, 6.45) is 1.90. The highest BCUT2D eigenvalue weighted by Crippen LogP contribution is 2.34. The number of fused-ring (bicyclic) bond motifs is 1. The minimum absolute atomic E-state index is 0.0229. The van der Waals surface area contributed by atoms with Gasteiger partial charge in [0.2, 0.25) is 5.91 Å². The van der Waals surface area contributed by atoms with E-state index in [-0.39, 0.29) is 11.8 Å². The van der Waals surface area contributed by atoms with E-state index in [0.717, 1.165) is 51.8 Å². The number of hydrogen-bond acceptors (Lipinski definition) is 5. The van der Waals surface area contributed by atoms with Crippen molar-refractivity contribution in [2.45, 2.75) is 40.2 Å². The van der Waals surface area contributed by atoms with Crippen molar-refractivity contribution in [1.29, 1.82) is 0 Å². The smallest absolute Gasteiger partial charge is 0.225 e. The molecule has 1 N–H and O–H groups in total. The second-order valence-corrected chi connectivity index (χ2v) is 9.95. The van der Waals surface area contributed by atoms with Gasteiger partial charge < -0.3 is 10.2 Å². The highest BCUT2D eigenvalue weighted by atomic mass is 32.1. The van der Waals surface area contributed by atoms with Gasteiger partial charge in [0.15, 0.2) is 10.8 Å². The molecule has 3 heterocycles. The quantitative estimate of drug-likeness (QED) is 0.459. The third-order valence-corrected chi connectivity index (χ3v) is 7.48. The zero-order chi connectivity index (χ0) is 22.9. The lowest BCUT2D eigenvalue weighted by Crippen LogP contribution is -2.43. The van der Waals surface area contributed by atoms with Gasteiger partial charge in [0.1, 0.15) is 0 Å².